The fraction of sp³-hybridized carbons (Fsp3) is 0.500. The minimum atomic E-state index is -1.21. The van der Waals surface area contributed by atoms with E-state index in [2.05, 4.69) is 10.3 Å². The second-order valence-electron chi connectivity index (χ2n) is 5.95. The van der Waals surface area contributed by atoms with Crippen molar-refractivity contribution in [1.29, 1.82) is 0 Å². The highest BCUT2D eigenvalue weighted by molar-refractivity contribution is 5.75. The quantitative estimate of drug-likeness (QED) is 0.939. The number of amides is 2. The molecule has 2 aromatic rings. The Balaban J connectivity index is 1.56. The number of alkyl halides is 1. The third-order valence-corrected chi connectivity index (χ3v) is 3.66. The molecule has 1 aliphatic rings. The highest BCUT2D eigenvalue weighted by Gasteiger charge is 2.36. The summed E-state index contributed by atoms with van der Waals surface area (Å²) in [6.07, 6.45) is -1.87. The van der Waals surface area contributed by atoms with Crippen LogP contribution in [0.25, 0.3) is 11.1 Å². The van der Waals surface area contributed by atoms with Crippen molar-refractivity contribution in [2.45, 2.75) is 38.8 Å². The summed E-state index contributed by atoms with van der Waals surface area (Å²) in [5.41, 5.74) is 1.42. The van der Waals surface area contributed by atoms with Crippen molar-refractivity contribution >= 4 is 17.1 Å². The summed E-state index contributed by atoms with van der Waals surface area (Å²) in [7, 11) is 0. The number of para-hydroxylation sites is 2. The molecular formula is C16H20FN3O3. The Morgan fingerprint density at radius 2 is 2.26 bits per heavy atom. The van der Waals surface area contributed by atoms with Crippen LogP contribution in [0.4, 0.5) is 9.18 Å². The molecular weight excluding hydrogens is 301 g/mol. The number of nitrogens with zero attached hydrogens (tertiary/aromatic N) is 2. The lowest BCUT2D eigenvalue weighted by molar-refractivity contribution is 0.00324. The maximum atomic E-state index is 14.0. The second-order valence-corrected chi connectivity index (χ2v) is 5.95. The van der Waals surface area contributed by atoms with Crippen LogP contribution in [0.15, 0.2) is 28.7 Å². The molecule has 0 saturated carbocycles. The predicted octanol–water partition coefficient (Wildman–Crippen LogP) is 2.48. The number of nitrogens with one attached hydrogen (secondary N) is 1. The molecule has 1 N–H and O–H groups in total. The molecule has 1 aliphatic heterocycles. The molecule has 1 aromatic carbocycles. The highest BCUT2D eigenvalue weighted by Crippen LogP contribution is 2.20. The number of carbonyl (C=O) groups is 1. The van der Waals surface area contributed by atoms with Gasteiger partial charge in [0, 0.05) is 6.04 Å². The number of urea groups is 1. The SMILES string of the molecule is CC(C)NC(=O)N1CC(F)C(OCc2nc3ccccc3o2)C1. The van der Waals surface area contributed by atoms with E-state index in [1.165, 1.54) is 4.90 Å². The normalized spacial score (nSPS) is 21.3. The van der Waals surface area contributed by atoms with Crippen LogP contribution >= 0.6 is 0 Å². The third-order valence-electron chi connectivity index (χ3n) is 3.66. The molecule has 0 spiro atoms. The zero-order valence-electron chi connectivity index (χ0n) is 13.2. The fourth-order valence-corrected chi connectivity index (χ4v) is 2.56. The molecule has 23 heavy (non-hydrogen) atoms. The van der Waals surface area contributed by atoms with E-state index in [0.717, 1.165) is 5.52 Å². The first kappa shape index (κ1) is 15.7. The van der Waals surface area contributed by atoms with Crippen molar-refractivity contribution < 1.29 is 18.3 Å². The maximum absolute atomic E-state index is 14.0. The first-order chi connectivity index (χ1) is 11.0. The molecule has 124 valence electrons. The molecule has 2 unspecified atom stereocenters. The molecule has 1 aromatic heterocycles. The number of fused-ring (bicyclic) bond motifs is 1. The number of likely N-dealkylation sites (tertiary alicyclic amines) is 1. The maximum Gasteiger partial charge on any atom is 0.317 e. The Morgan fingerprint density at radius 1 is 1.48 bits per heavy atom. The molecule has 0 radical (unpaired) electrons. The predicted molar refractivity (Wildman–Crippen MR) is 82.7 cm³/mol. The van der Waals surface area contributed by atoms with Crippen LogP contribution in [0.2, 0.25) is 0 Å². The number of benzene rings is 1. The van der Waals surface area contributed by atoms with E-state index < -0.39 is 12.3 Å². The van der Waals surface area contributed by atoms with Gasteiger partial charge in [0.1, 0.15) is 24.4 Å². The van der Waals surface area contributed by atoms with Gasteiger partial charge in [-0.1, -0.05) is 12.1 Å². The zero-order valence-corrected chi connectivity index (χ0v) is 13.2. The van der Waals surface area contributed by atoms with Gasteiger partial charge in [-0.05, 0) is 26.0 Å². The van der Waals surface area contributed by atoms with Crippen LogP contribution in [0.5, 0.6) is 0 Å². The Bertz CT molecular complexity index is 655. The summed E-state index contributed by atoms with van der Waals surface area (Å²) in [6.45, 7) is 4.07. The Kier molecular flexibility index (Phi) is 4.47. The number of aromatic nitrogens is 1. The van der Waals surface area contributed by atoms with Gasteiger partial charge in [-0.3, -0.25) is 0 Å². The Labute approximate surface area is 133 Å². The smallest absolute Gasteiger partial charge is 0.317 e. The van der Waals surface area contributed by atoms with E-state index in [1.54, 1.807) is 0 Å². The average Bonchev–Trinajstić information content (AvgIpc) is 3.07. The van der Waals surface area contributed by atoms with Crippen LogP contribution < -0.4 is 5.32 Å². The van der Waals surface area contributed by atoms with E-state index in [4.69, 9.17) is 9.15 Å². The van der Waals surface area contributed by atoms with Crippen molar-refractivity contribution in [3.63, 3.8) is 0 Å². The molecule has 2 heterocycles. The zero-order chi connectivity index (χ0) is 16.4. The van der Waals surface area contributed by atoms with Gasteiger partial charge in [-0.15, -0.1) is 0 Å². The van der Waals surface area contributed by atoms with E-state index in [-0.39, 0.29) is 31.8 Å². The summed E-state index contributed by atoms with van der Waals surface area (Å²) in [4.78, 5) is 17.6. The van der Waals surface area contributed by atoms with Gasteiger partial charge < -0.3 is 19.4 Å². The molecule has 6 nitrogen and oxygen atoms in total. The van der Waals surface area contributed by atoms with Crippen LogP contribution in [-0.2, 0) is 11.3 Å². The first-order valence-corrected chi connectivity index (χ1v) is 7.68. The number of halogens is 1. The van der Waals surface area contributed by atoms with Crippen molar-refractivity contribution in [3.8, 4) is 0 Å². The Morgan fingerprint density at radius 3 is 3.00 bits per heavy atom. The number of hydrogen-bond acceptors (Lipinski definition) is 4. The van der Waals surface area contributed by atoms with E-state index in [1.807, 2.05) is 38.1 Å². The first-order valence-electron chi connectivity index (χ1n) is 7.68. The number of rotatable bonds is 4. The molecule has 2 atom stereocenters. The third kappa shape index (κ3) is 3.61. The number of ether oxygens (including phenoxy) is 1. The Hall–Kier alpha value is -2.15. The molecule has 2 amide bonds. The minimum Gasteiger partial charge on any atom is -0.438 e. The van der Waals surface area contributed by atoms with Crippen LogP contribution in [-0.4, -0.2) is 47.3 Å². The summed E-state index contributed by atoms with van der Waals surface area (Å²) in [6, 6.07) is 7.13. The van der Waals surface area contributed by atoms with Gasteiger partial charge in [0.2, 0.25) is 5.89 Å². The number of carbonyl (C=O) groups excluding carboxylic acids is 1. The summed E-state index contributed by atoms with van der Waals surface area (Å²) < 4.78 is 25.1. The molecule has 7 heteroatoms. The van der Waals surface area contributed by atoms with E-state index >= 15 is 0 Å². The monoisotopic (exact) mass is 321 g/mol. The lowest BCUT2D eigenvalue weighted by atomic mass is 10.3. The van der Waals surface area contributed by atoms with Gasteiger partial charge in [0.25, 0.3) is 0 Å². The largest absolute Gasteiger partial charge is 0.438 e. The van der Waals surface area contributed by atoms with Crippen molar-refractivity contribution in [1.82, 2.24) is 15.2 Å². The number of hydrogen-bond donors (Lipinski definition) is 1. The van der Waals surface area contributed by atoms with Crippen molar-refractivity contribution in [2.75, 3.05) is 13.1 Å². The van der Waals surface area contributed by atoms with Gasteiger partial charge in [0.05, 0.1) is 13.1 Å². The van der Waals surface area contributed by atoms with Gasteiger partial charge in [-0.25, -0.2) is 14.2 Å². The summed E-state index contributed by atoms with van der Waals surface area (Å²) in [5.74, 6) is 0.406. The number of oxazole rings is 1. The summed E-state index contributed by atoms with van der Waals surface area (Å²) in [5, 5.41) is 2.75. The topological polar surface area (TPSA) is 67.6 Å². The molecule has 3 rings (SSSR count). The highest BCUT2D eigenvalue weighted by atomic mass is 19.1. The van der Waals surface area contributed by atoms with Crippen molar-refractivity contribution in [3.05, 3.63) is 30.2 Å². The lowest BCUT2D eigenvalue weighted by Crippen LogP contribution is -2.42. The molecule has 1 saturated heterocycles. The van der Waals surface area contributed by atoms with Gasteiger partial charge >= 0.3 is 6.03 Å². The average molecular weight is 321 g/mol. The van der Waals surface area contributed by atoms with E-state index in [0.29, 0.717) is 11.5 Å². The van der Waals surface area contributed by atoms with Crippen LogP contribution in [0.1, 0.15) is 19.7 Å². The van der Waals surface area contributed by atoms with E-state index in [9.17, 15) is 9.18 Å². The van der Waals surface area contributed by atoms with Crippen LogP contribution in [0, 0.1) is 0 Å². The molecule has 1 fully saturated rings. The summed E-state index contributed by atoms with van der Waals surface area (Å²) >= 11 is 0. The minimum absolute atomic E-state index is 0.0141. The fourth-order valence-electron chi connectivity index (χ4n) is 2.56. The standard InChI is InChI=1S/C16H20FN3O3/c1-10(2)18-16(21)20-7-11(17)14(8-20)22-9-15-19-12-5-3-4-6-13(12)23-15/h3-6,10-11,14H,7-9H2,1-2H3,(H,18,21). The van der Waals surface area contributed by atoms with Gasteiger partial charge in [-0.2, -0.15) is 0 Å². The second kappa shape index (κ2) is 6.54. The van der Waals surface area contributed by atoms with Gasteiger partial charge in [0.15, 0.2) is 5.58 Å². The van der Waals surface area contributed by atoms with Crippen molar-refractivity contribution in [2.24, 2.45) is 0 Å². The lowest BCUT2D eigenvalue weighted by Gasteiger charge is -2.18. The molecule has 0 bridgehead atoms. The molecule has 0 aliphatic carbocycles. The van der Waals surface area contributed by atoms with Crippen LogP contribution in [0.3, 0.4) is 0 Å².